The van der Waals surface area contributed by atoms with Gasteiger partial charge >= 0.3 is 5.97 Å². The van der Waals surface area contributed by atoms with Crippen molar-refractivity contribution in [2.45, 2.75) is 71.9 Å². The van der Waals surface area contributed by atoms with Crippen LogP contribution in [0.15, 0.2) is 35.7 Å². The molecule has 7 heteroatoms. The number of nitrogens with zero attached hydrogens (tertiary/aromatic N) is 2. The average Bonchev–Trinajstić information content (AvgIpc) is 3.41. The van der Waals surface area contributed by atoms with Gasteiger partial charge in [-0.3, -0.25) is 4.79 Å². The summed E-state index contributed by atoms with van der Waals surface area (Å²) in [5.74, 6) is -0.168. The highest BCUT2D eigenvalue weighted by molar-refractivity contribution is 7.09. The Hall–Kier alpha value is -2.67. The minimum Gasteiger partial charge on any atom is -0.480 e. The fourth-order valence-electron chi connectivity index (χ4n) is 4.08. The molecule has 32 heavy (non-hydrogen) atoms. The van der Waals surface area contributed by atoms with Crippen LogP contribution in [0.5, 0.6) is 0 Å². The molecule has 2 unspecified atom stereocenters. The van der Waals surface area contributed by atoms with Gasteiger partial charge in [-0.05, 0) is 54.8 Å². The van der Waals surface area contributed by atoms with Crippen LogP contribution in [0.25, 0.3) is 11.0 Å². The number of hydrogen-bond acceptors (Lipinski definition) is 4. The number of carboxylic acids is 1. The molecule has 2 aromatic heterocycles. The second-order valence-electron chi connectivity index (χ2n) is 8.44. The lowest BCUT2D eigenvalue weighted by atomic mass is 9.99. The lowest BCUT2D eigenvalue weighted by Gasteiger charge is -2.19. The van der Waals surface area contributed by atoms with Crippen LogP contribution in [0.1, 0.15) is 80.5 Å². The predicted molar refractivity (Wildman–Crippen MR) is 129 cm³/mol. The van der Waals surface area contributed by atoms with Crippen LogP contribution < -0.4 is 5.32 Å². The van der Waals surface area contributed by atoms with E-state index in [0.717, 1.165) is 42.5 Å². The van der Waals surface area contributed by atoms with Crippen molar-refractivity contribution < 1.29 is 14.7 Å². The van der Waals surface area contributed by atoms with Gasteiger partial charge < -0.3 is 15.0 Å². The first-order valence-electron chi connectivity index (χ1n) is 11.4. The lowest BCUT2D eigenvalue weighted by Crippen LogP contribution is -2.41. The highest BCUT2D eigenvalue weighted by Gasteiger charge is 2.24. The number of fused-ring (bicyclic) bond motifs is 1. The van der Waals surface area contributed by atoms with Crippen LogP contribution in [-0.4, -0.2) is 32.6 Å². The summed E-state index contributed by atoms with van der Waals surface area (Å²) < 4.78 is 2.31. The van der Waals surface area contributed by atoms with Crippen LogP contribution >= 0.6 is 11.3 Å². The summed E-state index contributed by atoms with van der Waals surface area (Å²) in [6.45, 7) is 8.37. The molecule has 2 N–H and O–H groups in total. The van der Waals surface area contributed by atoms with Crippen LogP contribution in [0.4, 0.5) is 0 Å². The third-order valence-electron chi connectivity index (χ3n) is 6.18. The molecule has 0 saturated carbocycles. The van der Waals surface area contributed by atoms with E-state index in [4.69, 9.17) is 4.98 Å². The first-order chi connectivity index (χ1) is 15.4. The van der Waals surface area contributed by atoms with Crippen LogP contribution in [-0.2, 0) is 11.2 Å². The van der Waals surface area contributed by atoms with Gasteiger partial charge in [0.1, 0.15) is 11.9 Å². The van der Waals surface area contributed by atoms with Gasteiger partial charge in [0.2, 0.25) is 0 Å². The van der Waals surface area contributed by atoms with Crippen molar-refractivity contribution >= 4 is 34.2 Å². The summed E-state index contributed by atoms with van der Waals surface area (Å²) in [5, 5.41) is 14.3. The number of aromatic nitrogens is 2. The average molecular weight is 456 g/mol. The van der Waals surface area contributed by atoms with E-state index < -0.39 is 12.0 Å². The molecule has 6 nitrogen and oxygen atoms in total. The van der Waals surface area contributed by atoms with Crippen molar-refractivity contribution in [2.75, 3.05) is 0 Å². The summed E-state index contributed by atoms with van der Waals surface area (Å²) in [6.07, 6.45) is 4.02. The summed E-state index contributed by atoms with van der Waals surface area (Å²) in [4.78, 5) is 30.6. The van der Waals surface area contributed by atoms with Gasteiger partial charge in [-0.25, -0.2) is 9.78 Å². The summed E-state index contributed by atoms with van der Waals surface area (Å²) in [5.41, 5.74) is 2.21. The van der Waals surface area contributed by atoms with E-state index in [1.165, 1.54) is 4.88 Å². The van der Waals surface area contributed by atoms with Gasteiger partial charge in [-0.15, -0.1) is 11.3 Å². The first-order valence-corrected chi connectivity index (χ1v) is 12.3. The van der Waals surface area contributed by atoms with Crippen molar-refractivity contribution in [3.05, 3.63) is 52.0 Å². The summed E-state index contributed by atoms with van der Waals surface area (Å²) in [6, 6.07) is 9.09. The lowest BCUT2D eigenvalue weighted by molar-refractivity contribution is -0.139. The molecule has 0 fully saturated rings. The number of carbonyl (C=O) groups is 2. The van der Waals surface area contributed by atoms with E-state index >= 15 is 0 Å². The van der Waals surface area contributed by atoms with E-state index in [1.807, 2.05) is 26.0 Å². The molecule has 0 aliphatic rings. The van der Waals surface area contributed by atoms with Gasteiger partial charge in [-0.1, -0.05) is 40.2 Å². The Balaban J connectivity index is 1.93. The molecule has 3 rings (SSSR count). The number of benzene rings is 1. The zero-order chi connectivity index (χ0) is 23.3. The summed E-state index contributed by atoms with van der Waals surface area (Å²) >= 11 is 1.71. The topological polar surface area (TPSA) is 84.2 Å². The number of nitrogens with one attached hydrogen (secondary N) is 1. The minimum absolute atomic E-state index is 0.217. The van der Waals surface area contributed by atoms with Crippen LogP contribution in [0.3, 0.4) is 0 Å². The Bertz CT molecular complexity index is 1050. The van der Waals surface area contributed by atoms with E-state index in [1.54, 1.807) is 23.5 Å². The third-order valence-corrected chi connectivity index (χ3v) is 7.06. The number of imidazole rings is 1. The Morgan fingerprint density at radius 1 is 1.16 bits per heavy atom. The Morgan fingerprint density at radius 2 is 1.91 bits per heavy atom. The van der Waals surface area contributed by atoms with Crippen LogP contribution in [0, 0.1) is 5.92 Å². The predicted octanol–water partition coefficient (Wildman–Crippen LogP) is 5.67. The quantitative estimate of drug-likeness (QED) is 0.390. The Kier molecular flexibility index (Phi) is 8.07. The van der Waals surface area contributed by atoms with Crippen molar-refractivity contribution in [1.29, 1.82) is 0 Å². The van der Waals surface area contributed by atoms with E-state index in [-0.39, 0.29) is 11.8 Å². The van der Waals surface area contributed by atoms with Crippen LogP contribution in [0.2, 0.25) is 0 Å². The molecule has 1 aromatic carbocycles. The van der Waals surface area contributed by atoms with E-state index in [2.05, 4.69) is 35.2 Å². The van der Waals surface area contributed by atoms with Crippen molar-refractivity contribution in [2.24, 2.45) is 5.92 Å². The molecular weight excluding hydrogens is 422 g/mol. The maximum atomic E-state index is 12.9. The summed E-state index contributed by atoms with van der Waals surface area (Å²) in [7, 11) is 0. The monoisotopic (exact) mass is 455 g/mol. The number of amides is 1. The van der Waals surface area contributed by atoms with E-state index in [9.17, 15) is 14.7 Å². The smallest absolute Gasteiger partial charge is 0.326 e. The van der Waals surface area contributed by atoms with Gasteiger partial charge in [0.15, 0.2) is 0 Å². The molecule has 2 atom stereocenters. The zero-order valence-electron chi connectivity index (χ0n) is 19.3. The number of carboxylic acid groups (broad SMARTS) is 1. The third kappa shape index (κ3) is 5.38. The standard InChI is InChI=1S/C25H33N3O3S/c1-5-16(4)13-21(25(30)31)27-24(29)17-10-11-22-20(14-17)26-23(15-19-9-8-12-32-19)28(22)18(6-2)7-3/h8-12,14,16,18,21H,5-7,13,15H2,1-4H3,(H,27,29)(H,30,31). The molecule has 0 aliphatic heterocycles. The highest BCUT2D eigenvalue weighted by atomic mass is 32.1. The zero-order valence-corrected chi connectivity index (χ0v) is 20.1. The van der Waals surface area contributed by atoms with Gasteiger partial charge in [0.25, 0.3) is 5.91 Å². The Morgan fingerprint density at radius 3 is 2.50 bits per heavy atom. The second-order valence-corrected chi connectivity index (χ2v) is 9.47. The maximum Gasteiger partial charge on any atom is 0.326 e. The molecular formula is C25H33N3O3S. The SMILES string of the molecule is CCC(C)CC(NC(=O)c1ccc2c(c1)nc(Cc1cccs1)n2C(CC)CC)C(=O)O. The molecule has 3 aromatic rings. The fourth-order valence-corrected chi connectivity index (χ4v) is 4.78. The number of aliphatic carboxylic acids is 1. The van der Waals surface area contributed by atoms with Gasteiger partial charge in [-0.2, -0.15) is 0 Å². The molecule has 1 amide bonds. The highest BCUT2D eigenvalue weighted by Crippen LogP contribution is 2.28. The molecule has 0 radical (unpaired) electrons. The second kappa shape index (κ2) is 10.8. The number of rotatable bonds is 11. The molecule has 0 aliphatic carbocycles. The normalized spacial score (nSPS) is 13.4. The van der Waals surface area contributed by atoms with Gasteiger partial charge in [0, 0.05) is 22.9 Å². The van der Waals surface area contributed by atoms with E-state index in [0.29, 0.717) is 18.0 Å². The van der Waals surface area contributed by atoms with Crippen molar-refractivity contribution in [3.63, 3.8) is 0 Å². The number of hydrogen-bond donors (Lipinski definition) is 2. The molecule has 172 valence electrons. The van der Waals surface area contributed by atoms with Crippen molar-refractivity contribution in [1.82, 2.24) is 14.9 Å². The maximum absolute atomic E-state index is 12.9. The minimum atomic E-state index is -1.00. The Labute approximate surface area is 193 Å². The molecule has 0 spiro atoms. The molecule has 2 heterocycles. The van der Waals surface area contributed by atoms with Gasteiger partial charge in [0.05, 0.1) is 11.0 Å². The fraction of sp³-hybridized carbons (Fsp3) is 0.480. The first kappa shape index (κ1) is 24.0. The number of thiophene rings is 1. The molecule has 0 saturated heterocycles. The molecule has 0 bridgehead atoms. The largest absolute Gasteiger partial charge is 0.480 e. The van der Waals surface area contributed by atoms with Crippen molar-refractivity contribution in [3.8, 4) is 0 Å². The number of carbonyl (C=O) groups excluding carboxylic acids is 1.